The molecular weight excluding hydrogens is 392 g/mol. The minimum Gasteiger partial charge on any atom is -0.494 e. The van der Waals surface area contributed by atoms with E-state index in [1.807, 2.05) is 32.2 Å². The molecule has 3 N–H and O–H groups in total. The van der Waals surface area contributed by atoms with Crippen molar-refractivity contribution < 1.29 is 10.2 Å². The summed E-state index contributed by atoms with van der Waals surface area (Å²) in [5, 5.41) is 25.6. The summed E-state index contributed by atoms with van der Waals surface area (Å²) >= 11 is 0. The molecule has 0 saturated heterocycles. The number of fused-ring (bicyclic) bond motifs is 1. The van der Waals surface area contributed by atoms with Crippen molar-refractivity contribution in [3.63, 3.8) is 0 Å². The molecule has 0 atom stereocenters. The molecule has 0 aliphatic heterocycles. The molecule has 0 fully saturated rings. The van der Waals surface area contributed by atoms with Crippen molar-refractivity contribution in [3.05, 3.63) is 54.2 Å². The fourth-order valence-electron chi connectivity index (χ4n) is 3.50. The number of aromatic nitrogens is 5. The fraction of sp³-hybridized carbons (Fsp3) is 0.304. The number of aryl methyl sites for hydroxylation is 2. The Bertz CT molecular complexity index is 1260. The number of H-pyrrole nitrogens is 1. The van der Waals surface area contributed by atoms with E-state index in [2.05, 4.69) is 25.0 Å². The smallest absolute Gasteiger partial charge is 0.198 e. The highest BCUT2D eigenvalue weighted by atomic mass is 16.3. The SMILES string of the molecule is CC(=Nc1cnn(CCC(C)(C)O)c1)c1c(O)[nH]c2cnc(-c3cnccc3C)cc12. The third-order valence-electron chi connectivity index (χ3n) is 5.21. The zero-order chi connectivity index (χ0) is 22.2. The lowest BCUT2D eigenvalue weighted by atomic mass is 10.0. The number of hydrogen-bond acceptors (Lipinski definition) is 6. The highest BCUT2D eigenvalue weighted by molar-refractivity contribution is 6.13. The molecule has 0 aliphatic rings. The first-order valence-corrected chi connectivity index (χ1v) is 10.1. The van der Waals surface area contributed by atoms with Gasteiger partial charge in [0.1, 0.15) is 5.69 Å². The van der Waals surface area contributed by atoms with Gasteiger partial charge in [0.15, 0.2) is 5.88 Å². The zero-order valence-electron chi connectivity index (χ0n) is 18.1. The van der Waals surface area contributed by atoms with Gasteiger partial charge >= 0.3 is 0 Å². The molecule has 4 aromatic heterocycles. The van der Waals surface area contributed by atoms with Gasteiger partial charge in [-0.2, -0.15) is 5.10 Å². The van der Waals surface area contributed by atoms with E-state index in [9.17, 15) is 10.2 Å². The molecule has 0 spiro atoms. The summed E-state index contributed by atoms with van der Waals surface area (Å²) in [4.78, 5) is 16.4. The maximum absolute atomic E-state index is 10.6. The van der Waals surface area contributed by atoms with Gasteiger partial charge < -0.3 is 15.2 Å². The average Bonchev–Trinajstić information content (AvgIpc) is 3.28. The Morgan fingerprint density at radius 1 is 1.26 bits per heavy atom. The molecule has 0 radical (unpaired) electrons. The first kappa shape index (κ1) is 20.7. The molecule has 8 heteroatoms. The maximum atomic E-state index is 10.6. The van der Waals surface area contributed by atoms with Crippen LogP contribution in [0.25, 0.3) is 22.2 Å². The quantitative estimate of drug-likeness (QED) is 0.408. The lowest BCUT2D eigenvalue weighted by Gasteiger charge is -2.16. The van der Waals surface area contributed by atoms with E-state index >= 15 is 0 Å². The summed E-state index contributed by atoms with van der Waals surface area (Å²) in [5.41, 5.74) is 4.75. The number of rotatable bonds is 6. The number of hydrogen-bond donors (Lipinski definition) is 3. The molecule has 0 aliphatic carbocycles. The number of nitrogens with one attached hydrogen (secondary N) is 1. The van der Waals surface area contributed by atoms with Gasteiger partial charge in [-0.1, -0.05) is 0 Å². The summed E-state index contributed by atoms with van der Waals surface area (Å²) < 4.78 is 1.76. The van der Waals surface area contributed by atoms with Gasteiger partial charge in [0.05, 0.1) is 46.7 Å². The molecule has 0 amide bonds. The zero-order valence-corrected chi connectivity index (χ0v) is 18.1. The first-order valence-electron chi connectivity index (χ1n) is 10.1. The Morgan fingerprint density at radius 2 is 2.06 bits per heavy atom. The maximum Gasteiger partial charge on any atom is 0.198 e. The predicted octanol–water partition coefficient (Wildman–Crippen LogP) is 4.14. The summed E-state index contributed by atoms with van der Waals surface area (Å²) in [6.07, 6.45) is 9.34. The van der Waals surface area contributed by atoms with Gasteiger partial charge in [-0.3, -0.25) is 14.6 Å². The summed E-state index contributed by atoms with van der Waals surface area (Å²) in [6, 6.07) is 3.88. The molecule has 0 saturated carbocycles. The van der Waals surface area contributed by atoms with Crippen LogP contribution in [0.15, 0.2) is 48.1 Å². The van der Waals surface area contributed by atoms with Crippen LogP contribution in [0.5, 0.6) is 5.88 Å². The Hall–Kier alpha value is -3.52. The van der Waals surface area contributed by atoms with Crippen LogP contribution >= 0.6 is 0 Å². The lowest BCUT2D eigenvalue weighted by Crippen LogP contribution is -2.21. The van der Waals surface area contributed by atoms with E-state index in [4.69, 9.17) is 0 Å². The van der Waals surface area contributed by atoms with Crippen LogP contribution in [-0.2, 0) is 6.54 Å². The van der Waals surface area contributed by atoms with Gasteiger partial charge in [0, 0.05) is 29.9 Å². The minimum atomic E-state index is -0.750. The molecule has 31 heavy (non-hydrogen) atoms. The van der Waals surface area contributed by atoms with Gasteiger partial charge in [-0.05, 0) is 51.8 Å². The highest BCUT2D eigenvalue weighted by Gasteiger charge is 2.17. The second-order valence-corrected chi connectivity index (χ2v) is 8.38. The van der Waals surface area contributed by atoms with Crippen LogP contribution in [0, 0.1) is 6.92 Å². The van der Waals surface area contributed by atoms with E-state index in [0.717, 1.165) is 27.7 Å². The highest BCUT2D eigenvalue weighted by Crippen LogP contribution is 2.32. The van der Waals surface area contributed by atoms with Crippen molar-refractivity contribution in [2.24, 2.45) is 4.99 Å². The van der Waals surface area contributed by atoms with Crippen LogP contribution in [-0.4, -0.2) is 46.3 Å². The van der Waals surface area contributed by atoms with Gasteiger partial charge in [0.25, 0.3) is 0 Å². The summed E-state index contributed by atoms with van der Waals surface area (Å²) in [5.74, 6) is 0.0486. The van der Waals surface area contributed by atoms with Crippen molar-refractivity contribution >= 4 is 22.3 Å². The molecule has 160 valence electrons. The number of aromatic hydroxyl groups is 1. The van der Waals surface area contributed by atoms with Crippen molar-refractivity contribution in [2.75, 3.05) is 0 Å². The molecular formula is C23H26N6O2. The van der Waals surface area contributed by atoms with Crippen LogP contribution in [0.2, 0.25) is 0 Å². The van der Waals surface area contributed by atoms with E-state index in [1.54, 1.807) is 43.3 Å². The summed E-state index contributed by atoms with van der Waals surface area (Å²) in [7, 11) is 0. The number of nitrogens with zero attached hydrogens (tertiary/aromatic N) is 5. The normalized spacial score (nSPS) is 12.6. The number of aromatic amines is 1. The van der Waals surface area contributed by atoms with E-state index in [-0.39, 0.29) is 5.88 Å². The molecule has 4 heterocycles. The fourth-order valence-corrected chi connectivity index (χ4v) is 3.50. The van der Waals surface area contributed by atoms with Crippen molar-refractivity contribution in [1.29, 1.82) is 0 Å². The van der Waals surface area contributed by atoms with Gasteiger partial charge in [-0.25, -0.2) is 4.99 Å². The Kier molecular flexibility index (Phi) is 5.32. The number of aliphatic hydroxyl groups is 1. The Labute approximate surface area is 180 Å². The largest absolute Gasteiger partial charge is 0.494 e. The van der Waals surface area contributed by atoms with Crippen LogP contribution < -0.4 is 0 Å². The minimum absolute atomic E-state index is 0.0486. The third-order valence-corrected chi connectivity index (χ3v) is 5.21. The molecule has 0 aromatic carbocycles. The average molecular weight is 419 g/mol. The standard InChI is InChI=1S/C23H26N6O2/c1-14-5-7-24-11-18(14)19-9-17-20(12-25-19)28-22(30)21(17)15(2)27-16-10-26-29(13-16)8-6-23(3,4)31/h5,7,9-13,28,30-31H,6,8H2,1-4H3. The van der Waals surface area contributed by atoms with E-state index < -0.39 is 5.60 Å². The molecule has 0 bridgehead atoms. The van der Waals surface area contributed by atoms with Gasteiger partial charge in [0.2, 0.25) is 0 Å². The Morgan fingerprint density at radius 3 is 2.81 bits per heavy atom. The lowest BCUT2D eigenvalue weighted by molar-refractivity contribution is 0.0651. The molecule has 0 unspecified atom stereocenters. The predicted molar refractivity (Wildman–Crippen MR) is 121 cm³/mol. The van der Waals surface area contributed by atoms with Crippen molar-refractivity contribution in [3.8, 4) is 17.1 Å². The van der Waals surface area contributed by atoms with Crippen LogP contribution in [0.4, 0.5) is 5.69 Å². The van der Waals surface area contributed by atoms with Crippen molar-refractivity contribution in [2.45, 2.75) is 46.3 Å². The molecule has 8 nitrogen and oxygen atoms in total. The first-order chi connectivity index (χ1) is 14.7. The molecule has 4 aromatic rings. The van der Waals surface area contributed by atoms with Crippen molar-refractivity contribution in [1.82, 2.24) is 24.7 Å². The second-order valence-electron chi connectivity index (χ2n) is 8.38. The van der Waals surface area contributed by atoms with E-state index in [0.29, 0.717) is 29.9 Å². The number of aliphatic imine (C=N–C) groups is 1. The summed E-state index contributed by atoms with van der Waals surface area (Å²) in [6.45, 7) is 8.01. The van der Waals surface area contributed by atoms with Crippen LogP contribution in [0.3, 0.4) is 0 Å². The number of pyridine rings is 2. The second kappa shape index (κ2) is 7.96. The van der Waals surface area contributed by atoms with Gasteiger partial charge in [-0.15, -0.1) is 0 Å². The Balaban J connectivity index is 1.69. The topological polar surface area (TPSA) is 112 Å². The van der Waals surface area contributed by atoms with E-state index in [1.165, 1.54) is 0 Å². The molecule has 4 rings (SSSR count). The monoisotopic (exact) mass is 418 g/mol. The third kappa shape index (κ3) is 4.49. The van der Waals surface area contributed by atoms with Crippen LogP contribution in [0.1, 0.15) is 38.3 Å².